The fourth-order valence-corrected chi connectivity index (χ4v) is 3.38. The number of aromatic amines is 1. The fourth-order valence-electron chi connectivity index (χ4n) is 3.38. The highest BCUT2D eigenvalue weighted by Gasteiger charge is 2.36. The number of anilines is 1. The van der Waals surface area contributed by atoms with Gasteiger partial charge in [0, 0.05) is 22.9 Å². The van der Waals surface area contributed by atoms with Crippen molar-refractivity contribution in [2.45, 2.75) is 26.1 Å². The Labute approximate surface area is 150 Å². The summed E-state index contributed by atoms with van der Waals surface area (Å²) >= 11 is 0. The second-order valence-corrected chi connectivity index (χ2v) is 6.61. The van der Waals surface area contributed by atoms with Crippen LogP contribution in [-0.4, -0.2) is 27.0 Å². The summed E-state index contributed by atoms with van der Waals surface area (Å²) < 4.78 is 13.3. The average Bonchev–Trinajstić information content (AvgIpc) is 3.11. The fraction of sp³-hybridized carbons (Fsp3) is 0.200. The highest BCUT2D eigenvalue weighted by atomic mass is 19.1. The van der Waals surface area contributed by atoms with Crippen molar-refractivity contribution in [2.24, 2.45) is 0 Å². The number of carbonyl (C=O) groups is 1. The quantitative estimate of drug-likeness (QED) is 0.744. The number of nitrogens with zero attached hydrogens (tertiary/aromatic N) is 2. The Morgan fingerprint density at radius 2 is 1.85 bits per heavy atom. The van der Waals surface area contributed by atoms with Crippen molar-refractivity contribution in [3.05, 3.63) is 71.7 Å². The molecule has 1 aliphatic rings. The summed E-state index contributed by atoms with van der Waals surface area (Å²) in [5.41, 5.74) is 3.87. The Bertz CT molecular complexity index is 948. The van der Waals surface area contributed by atoms with Gasteiger partial charge in [0.15, 0.2) is 0 Å². The van der Waals surface area contributed by atoms with Crippen molar-refractivity contribution < 1.29 is 9.18 Å². The van der Waals surface area contributed by atoms with E-state index in [4.69, 9.17) is 0 Å². The molecular weight excluding hydrogens is 331 g/mol. The minimum atomic E-state index is -0.365. The lowest BCUT2D eigenvalue weighted by molar-refractivity contribution is 0.0617. The molecule has 1 aromatic heterocycles. The van der Waals surface area contributed by atoms with Crippen LogP contribution >= 0.6 is 0 Å². The lowest BCUT2D eigenvalue weighted by Crippen LogP contribution is -2.46. The summed E-state index contributed by atoms with van der Waals surface area (Å²) in [6, 6.07) is 13.7. The molecule has 6 heteroatoms. The highest BCUT2D eigenvalue weighted by molar-refractivity contribution is 6.02. The van der Waals surface area contributed by atoms with E-state index in [1.807, 2.05) is 38.1 Å². The first-order chi connectivity index (χ1) is 12.6. The third kappa shape index (κ3) is 2.63. The van der Waals surface area contributed by atoms with Gasteiger partial charge in [0.1, 0.15) is 12.0 Å². The molecule has 0 radical (unpaired) electrons. The minimum Gasteiger partial charge on any atom is -0.361 e. The van der Waals surface area contributed by atoms with E-state index in [0.29, 0.717) is 5.56 Å². The number of benzene rings is 2. The van der Waals surface area contributed by atoms with E-state index < -0.39 is 0 Å². The molecule has 2 heterocycles. The van der Waals surface area contributed by atoms with Crippen molar-refractivity contribution in [1.82, 2.24) is 15.1 Å². The number of fused-ring (bicyclic) bond motifs is 1. The van der Waals surface area contributed by atoms with E-state index in [-0.39, 0.29) is 23.9 Å². The van der Waals surface area contributed by atoms with Gasteiger partial charge >= 0.3 is 0 Å². The molecule has 0 fully saturated rings. The van der Waals surface area contributed by atoms with Crippen LogP contribution < -0.4 is 5.32 Å². The van der Waals surface area contributed by atoms with Gasteiger partial charge < -0.3 is 10.2 Å². The first kappa shape index (κ1) is 16.3. The third-order valence-corrected chi connectivity index (χ3v) is 4.61. The van der Waals surface area contributed by atoms with Crippen LogP contribution in [0.15, 0.2) is 54.7 Å². The first-order valence-corrected chi connectivity index (χ1v) is 8.53. The maximum Gasteiger partial charge on any atom is 0.258 e. The molecule has 0 saturated carbocycles. The molecule has 1 atom stereocenters. The second-order valence-electron chi connectivity index (χ2n) is 6.61. The molecule has 1 amide bonds. The van der Waals surface area contributed by atoms with Gasteiger partial charge in [-0.05, 0) is 50.2 Å². The van der Waals surface area contributed by atoms with Crippen LogP contribution in [0.2, 0.25) is 0 Å². The molecule has 4 rings (SSSR count). The molecule has 0 saturated heterocycles. The van der Waals surface area contributed by atoms with Crippen LogP contribution in [0.1, 0.15) is 35.9 Å². The summed E-state index contributed by atoms with van der Waals surface area (Å²) in [4.78, 5) is 14.9. The second kappa shape index (κ2) is 6.29. The Kier molecular flexibility index (Phi) is 3.95. The molecule has 3 aromatic rings. The molecule has 0 bridgehead atoms. The number of carbonyl (C=O) groups excluding carboxylic acids is 1. The predicted molar refractivity (Wildman–Crippen MR) is 98.1 cm³/mol. The van der Waals surface area contributed by atoms with Gasteiger partial charge in [-0.25, -0.2) is 4.39 Å². The number of aromatic nitrogens is 2. The average molecular weight is 350 g/mol. The summed E-state index contributed by atoms with van der Waals surface area (Å²) in [7, 11) is 0. The summed E-state index contributed by atoms with van der Waals surface area (Å²) in [5.74, 6) is -0.316. The smallest absolute Gasteiger partial charge is 0.258 e. The minimum absolute atomic E-state index is 0.00989. The summed E-state index contributed by atoms with van der Waals surface area (Å²) in [5, 5.41) is 10.6. The molecule has 1 aliphatic heterocycles. The number of halogens is 1. The van der Waals surface area contributed by atoms with Crippen molar-refractivity contribution in [1.29, 1.82) is 0 Å². The van der Waals surface area contributed by atoms with Gasteiger partial charge in [-0.15, -0.1) is 0 Å². The zero-order valence-corrected chi connectivity index (χ0v) is 14.5. The summed E-state index contributed by atoms with van der Waals surface area (Å²) in [6.07, 6.45) is 1.35. The van der Waals surface area contributed by atoms with E-state index in [1.54, 1.807) is 23.2 Å². The largest absolute Gasteiger partial charge is 0.361 e. The lowest BCUT2D eigenvalue weighted by atomic mass is 10.00. The first-order valence-electron chi connectivity index (χ1n) is 8.53. The number of H-pyrrole nitrogens is 1. The molecule has 26 heavy (non-hydrogen) atoms. The van der Waals surface area contributed by atoms with Crippen molar-refractivity contribution in [3.8, 4) is 11.3 Å². The van der Waals surface area contributed by atoms with Gasteiger partial charge in [0.25, 0.3) is 5.91 Å². The number of hydrogen-bond donors (Lipinski definition) is 2. The van der Waals surface area contributed by atoms with Crippen LogP contribution in [0.4, 0.5) is 10.1 Å². The lowest BCUT2D eigenvalue weighted by Gasteiger charge is -2.40. The number of amides is 1. The zero-order chi connectivity index (χ0) is 18.3. The molecule has 0 unspecified atom stereocenters. The van der Waals surface area contributed by atoms with Gasteiger partial charge in [-0.2, -0.15) is 5.10 Å². The van der Waals surface area contributed by atoms with Crippen LogP contribution in [0.3, 0.4) is 0 Å². The van der Waals surface area contributed by atoms with Crippen molar-refractivity contribution in [2.75, 3.05) is 5.32 Å². The van der Waals surface area contributed by atoms with Crippen molar-refractivity contribution in [3.63, 3.8) is 0 Å². The van der Waals surface area contributed by atoms with Gasteiger partial charge in [0.2, 0.25) is 0 Å². The standard InChI is InChI=1S/C20H19FN4O/c1-12(2)25-19(23-17-6-4-3-5-15(17)20(25)26)16-11-22-24-18(16)13-7-9-14(21)10-8-13/h3-12,19,23H,1-2H3,(H,22,24)/t19-/m1/s1. The van der Waals surface area contributed by atoms with Crippen LogP contribution in [-0.2, 0) is 0 Å². The van der Waals surface area contributed by atoms with Gasteiger partial charge in [0.05, 0.1) is 17.5 Å². The van der Waals surface area contributed by atoms with E-state index in [1.165, 1.54) is 12.1 Å². The maximum atomic E-state index is 13.3. The Balaban J connectivity index is 1.81. The molecule has 0 spiro atoms. The van der Waals surface area contributed by atoms with Gasteiger partial charge in [-0.3, -0.25) is 9.89 Å². The topological polar surface area (TPSA) is 61.0 Å². The van der Waals surface area contributed by atoms with Crippen LogP contribution in [0.5, 0.6) is 0 Å². The predicted octanol–water partition coefficient (Wildman–Crippen LogP) is 4.19. The molecule has 0 aliphatic carbocycles. The molecule has 5 nitrogen and oxygen atoms in total. The molecule has 2 aromatic carbocycles. The van der Waals surface area contributed by atoms with E-state index in [9.17, 15) is 9.18 Å². The Hall–Kier alpha value is -3.15. The van der Waals surface area contributed by atoms with E-state index in [0.717, 1.165) is 22.5 Å². The zero-order valence-electron chi connectivity index (χ0n) is 14.5. The monoisotopic (exact) mass is 350 g/mol. The third-order valence-electron chi connectivity index (χ3n) is 4.61. The van der Waals surface area contributed by atoms with Crippen LogP contribution in [0, 0.1) is 5.82 Å². The SMILES string of the molecule is CC(C)N1C(=O)c2ccccc2N[C@H]1c1cn[nH]c1-c1ccc(F)cc1. The Morgan fingerprint density at radius 1 is 1.12 bits per heavy atom. The van der Waals surface area contributed by atoms with Crippen LogP contribution in [0.25, 0.3) is 11.3 Å². The highest BCUT2D eigenvalue weighted by Crippen LogP contribution is 2.37. The number of para-hydroxylation sites is 1. The van der Waals surface area contributed by atoms with Gasteiger partial charge in [-0.1, -0.05) is 12.1 Å². The van der Waals surface area contributed by atoms with Crippen molar-refractivity contribution >= 4 is 11.6 Å². The van der Waals surface area contributed by atoms with E-state index in [2.05, 4.69) is 15.5 Å². The normalized spacial score (nSPS) is 16.5. The number of nitrogens with one attached hydrogen (secondary N) is 2. The van der Waals surface area contributed by atoms with E-state index >= 15 is 0 Å². The maximum absolute atomic E-state index is 13.3. The number of hydrogen-bond acceptors (Lipinski definition) is 3. The summed E-state index contributed by atoms with van der Waals surface area (Å²) in [6.45, 7) is 3.97. The Morgan fingerprint density at radius 3 is 2.58 bits per heavy atom. The molecule has 132 valence electrons. The number of rotatable bonds is 3. The molecule has 2 N–H and O–H groups in total. The molecular formula is C20H19FN4O.